The highest BCUT2D eigenvalue weighted by Crippen LogP contribution is 2.42. The molecule has 3 aromatic rings. The van der Waals surface area contributed by atoms with Gasteiger partial charge in [-0.25, -0.2) is 0 Å². The third kappa shape index (κ3) is 3.95. The summed E-state index contributed by atoms with van der Waals surface area (Å²) in [6.07, 6.45) is 2.95. The molecule has 0 saturated carbocycles. The molecule has 0 aromatic heterocycles. The van der Waals surface area contributed by atoms with Crippen LogP contribution in [0.5, 0.6) is 0 Å². The first-order chi connectivity index (χ1) is 13.2. The van der Waals surface area contributed by atoms with E-state index in [1.54, 1.807) is 0 Å². The standard InChI is InChI=1S/C25H27NO/c1-4-19(3)24-13-9-10-21(5-2)25(24)26(22-11-7-6-8-12-22)23-16-14-20(18-27)15-17-23/h6-19H,4-5H2,1-3H3. The van der Waals surface area contributed by atoms with Crippen molar-refractivity contribution in [1.29, 1.82) is 0 Å². The zero-order valence-corrected chi connectivity index (χ0v) is 16.4. The molecular formula is C25H27NO. The highest BCUT2D eigenvalue weighted by Gasteiger charge is 2.21. The molecule has 27 heavy (non-hydrogen) atoms. The highest BCUT2D eigenvalue weighted by molar-refractivity contribution is 5.83. The first kappa shape index (κ1) is 18.9. The maximum atomic E-state index is 11.1. The number of anilines is 3. The van der Waals surface area contributed by atoms with Crippen LogP contribution in [0.3, 0.4) is 0 Å². The Kier molecular flexibility index (Phi) is 6.08. The third-order valence-corrected chi connectivity index (χ3v) is 5.20. The van der Waals surface area contributed by atoms with E-state index < -0.39 is 0 Å². The number of hydrogen-bond donors (Lipinski definition) is 0. The molecule has 1 unspecified atom stereocenters. The summed E-state index contributed by atoms with van der Waals surface area (Å²) in [5, 5.41) is 0. The molecule has 0 amide bonds. The molecule has 3 aromatic carbocycles. The highest BCUT2D eigenvalue weighted by atomic mass is 16.1. The van der Waals surface area contributed by atoms with Crippen molar-refractivity contribution in [3.05, 3.63) is 89.5 Å². The van der Waals surface area contributed by atoms with Crippen molar-refractivity contribution in [2.45, 2.75) is 39.5 Å². The van der Waals surface area contributed by atoms with E-state index in [1.807, 2.05) is 30.3 Å². The minimum absolute atomic E-state index is 0.465. The fraction of sp³-hybridized carbons (Fsp3) is 0.240. The molecule has 138 valence electrons. The molecule has 0 aliphatic rings. The molecule has 0 radical (unpaired) electrons. The minimum Gasteiger partial charge on any atom is -0.310 e. The molecular weight excluding hydrogens is 330 g/mol. The SMILES string of the molecule is CCc1cccc(C(C)CC)c1N(c1ccccc1)c1ccc(C=O)cc1. The van der Waals surface area contributed by atoms with Gasteiger partial charge in [-0.15, -0.1) is 0 Å². The molecule has 0 saturated heterocycles. The van der Waals surface area contributed by atoms with Crippen LogP contribution in [0.2, 0.25) is 0 Å². The van der Waals surface area contributed by atoms with Gasteiger partial charge < -0.3 is 4.90 Å². The van der Waals surface area contributed by atoms with E-state index in [0.29, 0.717) is 11.5 Å². The van der Waals surface area contributed by atoms with Gasteiger partial charge in [-0.2, -0.15) is 0 Å². The number of nitrogens with zero attached hydrogens (tertiary/aromatic N) is 1. The molecule has 1 atom stereocenters. The first-order valence-corrected chi connectivity index (χ1v) is 9.71. The van der Waals surface area contributed by atoms with Gasteiger partial charge >= 0.3 is 0 Å². The number of para-hydroxylation sites is 2. The maximum absolute atomic E-state index is 11.1. The first-order valence-electron chi connectivity index (χ1n) is 9.71. The lowest BCUT2D eigenvalue weighted by Crippen LogP contribution is -2.15. The van der Waals surface area contributed by atoms with Crippen molar-refractivity contribution in [3.63, 3.8) is 0 Å². The summed E-state index contributed by atoms with van der Waals surface area (Å²) >= 11 is 0. The quantitative estimate of drug-likeness (QED) is 0.422. The minimum atomic E-state index is 0.465. The van der Waals surface area contributed by atoms with Crippen LogP contribution in [-0.2, 0) is 6.42 Å². The summed E-state index contributed by atoms with van der Waals surface area (Å²) in [5.41, 5.74) is 6.84. The van der Waals surface area contributed by atoms with E-state index in [1.165, 1.54) is 16.8 Å². The third-order valence-electron chi connectivity index (χ3n) is 5.20. The van der Waals surface area contributed by atoms with Crippen LogP contribution in [0.4, 0.5) is 17.1 Å². The van der Waals surface area contributed by atoms with E-state index in [-0.39, 0.29) is 0 Å². The molecule has 0 aliphatic heterocycles. The zero-order chi connectivity index (χ0) is 19.2. The lowest BCUT2D eigenvalue weighted by molar-refractivity contribution is 0.112. The van der Waals surface area contributed by atoms with Crippen molar-refractivity contribution < 1.29 is 4.79 Å². The van der Waals surface area contributed by atoms with Crippen LogP contribution in [0.15, 0.2) is 72.8 Å². The van der Waals surface area contributed by atoms with Gasteiger partial charge in [-0.3, -0.25) is 4.79 Å². The molecule has 2 heteroatoms. The summed E-state index contributed by atoms with van der Waals surface area (Å²) < 4.78 is 0. The van der Waals surface area contributed by atoms with Crippen molar-refractivity contribution >= 4 is 23.3 Å². The fourth-order valence-electron chi connectivity index (χ4n) is 3.47. The van der Waals surface area contributed by atoms with Crippen molar-refractivity contribution in [2.24, 2.45) is 0 Å². The predicted molar refractivity (Wildman–Crippen MR) is 115 cm³/mol. The average Bonchev–Trinajstić information content (AvgIpc) is 2.74. The number of carbonyl (C=O) groups is 1. The van der Waals surface area contributed by atoms with Crippen LogP contribution < -0.4 is 4.90 Å². The Bertz CT molecular complexity index is 884. The van der Waals surface area contributed by atoms with Gasteiger partial charge in [0.05, 0.1) is 5.69 Å². The topological polar surface area (TPSA) is 20.3 Å². The fourth-order valence-corrected chi connectivity index (χ4v) is 3.47. The number of hydrogen-bond acceptors (Lipinski definition) is 2. The Morgan fingerprint density at radius 2 is 1.52 bits per heavy atom. The Labute approximate surface area is 162 Å². The summed E-state index contributed by atoms with van der Waals surface area (Å²) in [4.78, 5) is 13.4. The maximum Gasteiger partial charge on any atom is 0.150 e. The Hall–Kier alpha value is -2.87. The Balaban J connectivity index is 2.26. The Morgan fingerprint density at radius 1 is 0.852 bits per heavy atom. The number of benzene rings is 3. The molecule has 2 nitrogen and oxygen atoms in total. The van der Waals surface area contributed by atoms with E-state index in [0.717, 1.165) is 30.5 Å². The lowest BCUT2D eigenvalue weighted by Gasteiger charge is -2.31. The van der Waals surface area contributed by atoms with Gasteiger partial charge in [-0.05, 0) is 66.3 Å². The van der Waals surface area contributed by atoms with Gasteiger partial charge in [0.25, 0.3) is 0 Å². The largest absolute Gasteiger partial charge is 0.310 e. The van der Waals surface area contributed by atoms with Crippen LogP contribution >= 0.6 is 0 Å². The summed E-state index contributed by atoms with van der Waals surface area (Å²) in [7, 11) is 0. The molecule has 0 N–H and O–H groups in total. The Morgan fingerprint density at radius 3 is 2.11 bits per heavy atom. The average molecular weight is 357 g/mol. The van der Waals surface area contributed by atoms with Crippen LogP contribution in [0.25, 0.3) is 0 Å². The molecule has 0 fully saturated rings. The summed E-state index contributed by atoms with van der Waals surface area (Å²) in [6.45, 7) is 6.73. The van der Waals surface area contributed by atoms with Gasteiger partial charge in [0, 0.05) is 16.9 Å². The van der Waals surface area contributed by atoms with Crippen LogP contribution in [0.1, 0.15) is 54.6 Å². The molecule has 3 rings (SSSR count). The van der Waals surface area contributed by atoms with Gasteiger partial charge in [-0.1, -0.05) is 57.2 Å². The number of aryl methyl sites for hydroxylation is 1. The molecule has 0 aliphatic carbocycles. The molecule has 0 spiro atoms. The van der Waals surface area contributed by atoms with Crippen LogP contribution in [-0.4, -0.2) is 6.29 Å². The van der Waals surface area contributed by atoms with E-state index >= 15 is 0 Å². The number of carbonyl (C=O) groups excluding carboxylic acids is 1. The smallest absolute Gasteiger partial charge is 0.150 e. The van der Waals surface area contributed by atoms with E-state index in [9.17, 15) is 4.79 Å². The number of rotatable bonds is 7. The summed E-state index contributed by atoms with van der Waals surface area (Å²) in [5.74, 6) is 0.465. The van der Waals surface area contributed by atoms with Crippen molar-refractivity contribution in [3.8, 4) is 0 Å². The number of aldehydes is 1. The molecule has 0 bridgehead atoms. The second kappa shape index (κ2) is 8.68. The van der Waals surface area contributed by atoms with E-state index in [2.05, 4.69) is 68.1 Å². The van der Waals surface area contributed by atoms with Gasteiger partial charge in [0.2, 0.25) is 0 Å². The second-order valence-electron chi connectivity index (χ2n) is 6.90. The normalized spacial score (nSPS) is 11.8. The zero-order valence-electron chi connectivity index (χ0n) is 16.4. The van der Waals surface area contributed by atoms with Gasteiger partial charge in [0.1, 0.15) is 6.29 Å². The summed E-state index contributed by atoms with van der Waals surface area (Å²) in [6, 6.07) is 24.9. The monoisotopic (exact) mass is 357 g/mol. The van der Waals surface area contributed by atoms with Crippen molar-refractivity contribution in [2.75, 3.05) is 4.90 Å². The molecule has 0 heterocycles. The van der Waals surface area contributed by atoms with E-state index in [4.69, 9.17) is 0 Å². The van der Waals surface area contributed by atoms with Gasteiger partial charge in [0.15, 0.2) is 0 Å². The second-order valence-corrected chi connectivity index (χ2v) is 6.90. The lowest BCUT2D eigenvalue weighted by atomic mass is 9.92. The van der Waals surface area contributed by atoms with Crippen molar-refractivity contribution in [1.82, 2.24) is 0 Å². The predicted octanol–water partition coefficient (Wildman–Crippen LogP) is 7.04. The van der Waals surface area contributed by atoms with Crippen LogP contribution in [0, 0.1) is 0 Å².